The van der Waals surface area contributed by atoms with E-state index in [2.05, 4.69) is 18.8 Å². The molecule has 32 heavy (non-hydrogen) atoms. The number of nitrogens with zero attached hydrogens (tertiary/aromatic N) is 5. The Morgan fingerprint density at radius 2 is 1.75 bits per heavy atom. The molecule has 0 aliphatic heterocycles. The zero-order valence-corrected chi connectivity index (χ0v) is 19.3. The molecule has 3 aromatic rings. The van der Waals surface area contributed by atoms with E-state index in [4.69, 9.17) is 10.1 Å². The number of pyridine rings is 1. The van der Waals surface area contributed by atoms with Crippen LogP contribution in [0.15, 0.2) is 36.5 Å². The van der Waals surface area contributed by atoms with Crippen molar-refractivity contribution < 1.29 is 8.78 Å². The minimum atomic E-state index is -0.615. The summed E-state index contributed by atoms with van der Waals surface area (Å²) in [4.78, 5) is 10.6. The lowest BCUT2D eigenvalue weighted by Gasteiger charge is -2.34. The van der Waals surface area contributed by atoms with Gasteiger partial charge >= 0.3 is 0 Å². The molecule has 0 radical (unpaired) electrons. The van der Waals surface area contributed by atoms with Crippen molar-refractivity contribution in [3.05, 3.63) is 59.7 Å². The fourth-order valence-corrected chi connectivity index (χ4v) is 4.48. The Balaban J connectivity index is 1.67. The lowest BCUT2D eigenvalue weighted by Crippen LogP contribution is -2.25. The van der Waals surface area contributed by atoms with Crippen molar-refractivity contribution in [2.24, 2.45) is 5.41 Å². The lowest BCUT2D eigenvalue weighted by atomic mass is 9.75. The number of benzene rings is 1. The van der Waals surface area contributed by atoms with E-state index in [0.29, 0.717) is 23.2 Å². The third-order valence-electron chi connectivity index (χ3n) is 6.41. The average Bonchev–Trinajstić information content (AvgIpc) is 3.16. The highest BCUT2D eigenvalue weighted by atomic mass is 19.1. The summed E-state index contributed by atoms with van der Waals surface area (Å²) in [5, 5.41) is 4.76. The Hall–Kier alpha value is -2.83. The van der Waals surface area contributed by atoms with Crippen molar-refractivity contribution >= 4 is 5.69 Å². The number of hydrogen-bond acceptors (Lipinski definition) is 4. The fourth-order valence-electron chi connectivity index (χ4n) is 4.48. The normalized spacial score (nSPS) is 16.3. The van der Waals surface area contributed by atoms with Crippen molar-refractivity contribution in [2.75, 3.05) is 19.0 Å². The number of rotatable bonds is 6. The lowest BCUT2D eigenvalue weighted by molar-refractivity contribution is 0.183. The zero-order chi connectivity index (χ0) is 22.9. The Morgan fingerprint density at radius 1 is 1.06 bits per heavy atom. The zero-order valence-electron chi connectivity index (χ0n) is 19.3. The second-order valence-corrected chi connectivity index (χ2v) is 9.70. The third-order valence-corrected chi connectivity index (χ3v) is 6.41. The van der Waals surface area contributed by atoms with Gasteiger partial charge in [-0.1, -0.05) is 19.9 Å². The van der Waals surface area contributed by atoms with Gasteiger partial charge in [0.25, 0.3) is 0 Å². The molecular weight excluding hydrogens is 408 g/mol. The van der Waals surface area contributed by atoms with Crippen LogP contribution < -0.4 is 4.90 Å². The SMILES string of the molecule is CN(C)c1c(F)cc(-c2nc(CCc3ccccn3)n(C3CCC(C)(C)CC3)n2)cc1F. The Bertz CT molecular complexity index is 1040. The van der Waals surface area contributed by atoms with Gasteiger partial charge in [-0.2, -0.15) is 5.10 Å². The molecule has 1 fully saturated rings. The first kappa shape index (κ1) is 22.4. The first-order chi connectivity index (χ1) is 15.2. The quantitative estimate of drug-likeness (QED) is 0.501. The predicted octanol–water partition coefficient (Wildman–Crippen LogP) is 5.61. The smallest absolute Gasteiger partial charge is 0.181 e. The number of aryl methyl sites for hydroxylation is 2. The van der Waals surface area contributed by atoms with Crippen LogP contribution in [0.1, 0.15) is 57.1 Å². The topological polar surface area (TPSA) is 46.8 Å². The summed E-state index contributed by atoms with van der Waals surface area (Å²) >= 11 is 0. The molecule has 1 aromatic carbocycles. The fraction of sp³-hybridized carbons (Fsp3) is 0.480. The first-order valence-electron chi connectivity index (χ1n) is 11.3. The summed E-state index contributed by atoms with van der Waals surface area (Å²) in [5.74, 6) is -0.0200. The van der Waals surface area contributed by atoms with E-state index < -0.39 is 11.6 Å². The van der Waals surface area contributed by atoms with Crippen LogP contribution >= 0.6 is 0 Å². The Morgan fingerprint density at radius 3 is 2.34 bits per heavy atom. The molecule has 0 bridgehead atoms. The van der Waals surface area contributed by atoms with Gasteiger partial charge in [0.1, 0.15) is 23.1 Å². The second kappa shape index (κ2) is 8.96. The van der Waals surface area contributed by atoms with E-state index in [-0.39, 0.29) is 11.7 Å². The molecule has 0 saturated heterocycles. The molecule has 0 spiro atoms. The van der Waals surface area contributed by atoms with Crippen LogP contribution in [0.4, 0.5) is 14.5 Å². The molecule has 7 heteroatoms. The highest BCUT2D eigenvalue weighted by Crippen LogP contribution is 2.40. The molecular formula is C25H31F2N5. The molecule has 0 amide bonds. The maximum atomic E-state index is 14.6. The summed E-state index contributed by atoms with van der Waals surface area (Å²) in [6.45, 7) is 4.60. The van der Waals surface area contributed by atoms with E-state index in [1.807, 2.05) is 22.9 Å². The van der Waals surface area contributed by atoms with Crippen LogP contribution in [0.5, 0.6) is 0 Å². The molecule has 2 aromatic heterocycles. The van der Waals surface area contributed by atoms with E-state index in [1.54, 1.807) is 20.3 Å². The largest absolute Gasteiger partial charge is 0.373 e. The number of aromatic nitrogens is 4. The minimum Gasteiger partial charge on any atom is -0.373 e. The molecule has 0 unspecified atom stereocenters. The van der Waals surface area contributed by atoms with Gasteiger partial charge in [0.05, 0.1) is 6.04 Å². The van der Waals surface area contributed by atoms with Crippen molar-refractivity contribution in [3.63, 3.8) is 0 Å². The molecule has 1 aliphatic carbocycles. The predicted molar refractivity (Wildman–Crippen MR) is 123 cm³/mol. The van der Waals surface area contributed by atoms with Crippen LogP contribution in [0.25, 0.3) is 11.4 Å². The summed E-state index contributed by atoms with van der Waals surface area (Å²) < 4.78 is 31.2. The molecule has 0 N–H and O–H groups in total. The Labute approximate surface area is 188 Å². The van der Waals surface area contributed by atoms with Gasteiger partial charge in [-0.25, -0.2) is 18.4 Å². The van der Waals surface area contributed by atoms with Crippen LogP contribution in [-0.4, -0.2) is 33.8 Å². The molecule has 2 heterocycles. The van der Waals surface area contributed by atoms with Crippen molar-refractivity contribution in [1.82, 2.24) is 19.7 Å². The molecule has 5 nitrogen and oxygen atoms in total. The van der Waals surface area contributed by atoms with Crippen LogP contribution in [0.2, 0.25) is 0 Å². The van der Waals surface area contributed by atoms with Gasteiger partial charge in [0, 0.05) is 38.0 Å². The van der Waals surface area contributed by atoms with E-state index >= 15 is 0 Å². The monoisotopic (exact) mass is 439 g/mol. The van der Waals surface area contributed by atoms with Gasteiger partial charge in [-0.3, -0.25) is 4.98 Å². The van der Waals surface area contributed by atoms with E-state index in [9.17, 15) is 8.78 Å². The molecule has 4 rings (SSSR count). The minimum absolute atomic E-state index is 0.0573. The van der Waals surface area contributed by atoms with E-state index in [0.717, 1.165) is 43.6 Å². The average molecular weight is 440 g/mol. The number of halogens is 2. The second-order valence-electron chi connectivity index (χ2n) is 9.70. The van der Waals surface area contributed by atoms with Crippen LogP contribution in [0, 0.1) is 17.0 Å². The Kier molecular flexibility index (Phi) is 6.26. The highest BCUT2D eigenvalue weighted by molar-refractivity contribution is 5.61. The van der Waals surface area contributed by atoms with Crippen LogP contribution in [-0.2, 0) is 12.8 Å². The first-order valence-corrected chi connectivity index (χ1v) is 11.3. The highest BCUT2D eigenvalue weighted by Gasteiger charge is 2.30. The summed E-state index contributed by atoms with van der Waals surface area (Å²) in [6.07, 6.45) is 7.47. The van der Waals surface area contributed by atoms with Gasteiger partial charge in [0.2, 0.25) is 0 Å². The molecule has 1 saturated carbocycles. The van der Waals surface area contributed by atoms with Gasteiger partial charge in [0.15, 0.2) is 5.82 Å². The van der Waals surface area contributed by atoms with Gasteiger partial charge in [-0.05, 0) is 61.8 Å². The summed E-state index contributed by atoms with van der Waals surface area (Å²) in [6, 6.07) is 8.76. The summed E-state index contributed by atoms with van der Waals surface area (Å²) in [5.41, 5.74) is 1.63. The summed E-state index contributed by atoms with van der Waals surface area (Å²) in [7, 11) is 3.24. The van der Waals surface area contributed by atoms with Crippen molar-refractivity contribution in [3.8, 4) is 11.4 Å². The molecule has 1 aliphatic rings. The third kappa shape index (κ3) is 4.81. The van der Waals surface area contributed by atoms with Gasteiger partial charge < -0.3 is 4.90 Å². The number of anilines is 1. The van der Waals surface area contributed by atoms with Gasteiger partial charge in [-0.15, -0.1) is 0 Å². The van der Waals surface area contributed by atoms with Crippen molar-refractivity contribution in [1.29, 1.82) is 0 Å². The molecule has 170 valence electrons. The number of hydrogen-bond donors (Lipinski definition) is 0. The van der Waals surface area contributed by atoms with Crippen LogP contribution in [0.3, 0.4) is 0 Å². The maximum Gasteiger partial charge on any atom is 0.181 e. The van der Waals surface area contributed by atoms with Crippen molar-refractivity contribution in [2.45, 2.75) is 58.4 Å². The maximum absolute atomic E-state index is 14.6. The standard InChI is InChI=1S/C25H31F2N5/c1-25(2)12-10-19(11-13-25)32-22(9-8-18-7-5-6-14-28-18)29-24(30-32)17-15-20(26)23(31(3)4)21(27)16-17/h5-7,14-16,19H,8-13H2,1-4H3. The van der Waals surface area contributed by atoms with E-state index in [1.165, 1.54) is 17.0 Å². The molecule has 0 atom stereocenters.